The first kappa shape index (κ1) is 13.5. The molecular weight excluding hydrogens is 258 g/mol. The Hall–Kier alpha value is -1.88. The highest BCUT2D eigenvalue weighted by molar-refractivity contribution is 8.00. The van der Waals surface area contributed by atoms with E-state index in [1.54, 1.807) is 18.5 Å². The van der Waals surface area contributed by atoms with Crippen molar-refractivity contribution < 1.29 is 4.79 Å². The summed E-state index contributed by atoms with van der Waals surface area (Å²) < 4.78 is 0. The number of thioether (sulfide) groups is 1. The molecule has 0 bridgehead atoms. The lowest BCUT2D eigenvalue weighted by Gasteiger charge is -2.10. The van der Waals surface area contributed by atoms with E-state index in [1.165, 1.54) is 11.8 Å². The summed E-state index contributed by atoms with van der Waals surface area (Å²) in [6.07, 6.45) is 3.34. The molecule has 1 aromatic heterocycles. The number of carbonyl (C=O) groups excluding carboxylic acids is 1. The van der Waals surface area contributed by atoms with Gasteiger partial charge in [-0.1, -0.05) is 42.1 Å². The van der Waals surface area contributed by atoms with E-state index in [9.17, 15) is 4.79 Å². The number of rotatable bonds is 5. The number of nitrogens with one attached hydrogen (secondary N) is 1. The van der Waals surface area contributed by atoms with Gasteiger partial charge in [0.25, 0.3) is 0 Å². The fourth-order valence-corrected chi connectivity index (χ4v) is 2.24. The molecule has 1 atom stereocenters. The molecule has 2 aromatic rings. The molecule has 2 rings (SSSR count). The quantitative estimate of drug-likeness (QED) is 0.670. The van der Waals surface area contributed by atoms with Gasteiger partial charge in [0.1, 0.15) is 0 Å². The predicted octanol–water partition coefficient (Wildman–Crippen LogP) is 2.27. The van der Waals surface area contributed by atoms with E-state index in [0.717, 1.165) is 5.56 Å². The Kier molecular flexibility index (Phi) is 4.92. The summed E-state index contributed by atoms with van der Waals surface area (Å²) in [5.41, 5.74) is 1.09. The highest BCUT2D eigenvalue weighted by Crippen LogP contribution is 2.18. The molecule has 0 saturated heterocycles. The molecule has 1 heterocycles. The Morgan fingerprint density at radius 3 is 2.58 bits per heavy atom. The number of hydrogen-bond donors (Lipinski definition) is 1. The minimum atomic E-state index is -0.217. The number of amides is 1. The van der Waals surface area contributed by atoms with E-state index in [0.29, 0.717) is 11.7 Å². The van der Waals surface area contributed by atoms with Crippen LogP contribution in [-0.4, -0.2) is 21.1 Å². The first-order valence-corrected chi connectivity index (χ1v) is 6.89. The molecular formula is C14H15N3OS. The Bertz CT molecular complexity index is 519. The lowest BCUT2D eigenvalue weighted by atomic mass is 10.2. The smallest absolute Gasteiger partial charge is 0.233 e. The fraction of sp³-hybridized carbons (Fsp3) is 0.214. The van der Waals surface area contributed by atoms with Gasteiger partial charge in [0.15, 0.2) is 5.16 Å². The van der Waals surface area contributed by atoms with Crippen molar-refractivity contribution in [1.82, 2.24) is 15.3 Å². The molecule has 98 valence electrons. The standard InChI is InChI=1S/C14H15N3OS/c1-11(19-14-15-8-5-9-16-14)13(18)17-10-12-6-3-2-4-7-12/h2-9,11H,10H2,1H3,(H,17,18). The van der Waals surface area contributed by atoms with Gasteiger partial charge in [0.2, 0.25) is 5.91 Å². The Morgan fingerprint density at radius 2 is 1.89 bits per heavy atom. The van der Waals surface area contributed by atoms with Crippen LogP contribution in [-0.2, 0) is 11.3 Å². The highest BCUT2D eigenvalue weighted by Gasteiger charge is 2.15. The van der Waals surface area contributed by atoms with E-state index >= 15 is 0 Å². The van der Waals surface area contributed by atoms with Crippen molar-refractivity contribution >= 4 is 17.7 Å². The SMILES string of the molecule is CC(Sc1ncccn1)C(=O)NCc1ccccc1. The van der Waals surface area contributed by atoms with Gasteiger partial charge in [-0.2, -0.15) is 0 Å². The third-order valence-electron chi connectivity index (χ3n) is 2.50. The summed E-state index contributed by atoms with van der Waals surface area (Å²) in [4.78, 5) is 20.1. The van der Waals surface area contributed by atoms with Crippen LogP contribution in [0.15, 0.2) is 53.9 Å². The van der Waals surface area contributed by atoms with Crippen LogP contribution < -0.4 is 5.32 Å². The van der Waals surface area contributed by atoms with Gasteiger partial charge in [-0.15, -0.1) is 0 Å². The molecule has 0 aliphatic carbocycles. The van der Waals surface area contributed by atoms with Crippen LogP contribution in [0.25, 0.3) is 0 Å². The summed E-state index contributed by atoms with van der Waals surface area (Å²) in [6, 6.07) is 11.6. The molecule has 1 amide bonds. The fourth-order valence-electron chi connectivity index (χ4n) is 1.49. The van der Waals surface area contributed by atoms with Gasteiger partial charge >= 0.3 is 0 Å². The second-order valence-corrected chi connectivity index (χ2v) is 5.30. The average Bonchev–Trinajstić information content (AvgIpc) is 2.47. The van der Waals surface area contributed by atoms with Gasteiger partial charge in [0.05, 0.1) is 5.25 Å². The second-order valence-electron chi connectivity index (χ2n) is 3.99. The van der Waals surface area contributed by atoms with Crippen molar-refractivity contribution in [2.75, 3.05) is 0 Å². The highest BCUT2D eigenvalue weighted by atomic mass is 32.2. The Labute approximate surface area is 116 Å². The van der Waals surface area contributed by atoms with Crippen molar-refractivity contribution in [1.29, 1.82) is 0 Å². The average molecular weight is 273 g/mol. The lowest BCUT2D eigenvalue weighted by molar-refractivity contribution is -0.120. The van der Waals surface area contributed by atoms with Crippen LogP contribution >= 0.6 is 11.8 Å². The Morgan fingerprint density at radius 1 is 1.21 bits per heavy atom. The molecule has 0 spiro atoms. The molecule has 0 aliphatic heterocycles. The van der Waals surface area contributed by atoms with Gasteiger partial charge in [-0.3, -0.25) is 4.79 Å². The molecule has 0 fully saturated rings. The number of benzene rings is 1. The third-order valence-corrected chi connectivity index (χ3v) is 3.49. The number of carbonyl (C=O) groups is 1. The molecule has 0 aliphatic rings. The van der Waals surface area contributed by atoms with Crippen LogP contribution in [0.3, 0.4) is 0 Å². The first-order valence-electron chi connectivity index (χ1n) is 6.01. The van der Waals surface area contributed by atoms with E-state index in [2.05, 4.69) is 15.3 Å². The van der Waals surface area contributed by atoms with Crippen LogP contribution in [0.4, 0.5) is 0 Å². The zero-order valence-electron chi connectivity index (χ0n) is 10.6. The van der Waals surface area contributed by atoms with Crippen LogP contribution in [0, 0.1) is 0 Å². The Balaban J connectivity index is 1.83. The molecule has 1 aromatic carbocycles. The number of aromatic nitrogens is 2. The third kappa shape index (κ3) is 4.37. The molecule has 1 unspecified atom stereocenters. The first-order chi connectivity index (χ1) is 9.25. The van der Waals surface area contributed by atoms with E-state index < -0.39 is 0 Å². The van der Waals surface area contributed by atoms with Crippen LogP contribution in [0.5, 0.6) is 0 Å². The second kappa shape index (κ2) is 6.89. The summed E-state index contributed by atoms with van der Waals surface area (Å²) >= 11 is 1.35. The molecule has 0 radical (unpaired) electrons. The van der Waals surface area contributed by atoms with Crippen molar-refractivity contribution in [3.8, 4) is 0 Å². The van der Waals surface area contributed by atoms with E-state index in [-0.39, 0.29) is 11.2 Å². The van der Waals surface area contributed by atoms with Crippen molar-refractivity contribution in [3.05, 3.63) is 54.4 Å². The minimum Gasteiger partial charge on any atom is -0.351 e. The van der Waals surface area contributed by atoms with Gasteiger partial charge in [-0.25, -0.2) is 9.97 Å². The summed E-state index contributed by atoms with van der Waals surface area (Å²) in [5, 5.41) is 3.30. The molecule has 5 heteroatoms. The summed E-state index contributed by atoms with van der Waals surface area (Å²) in [6.45, 7) is 2.39. The number of nitrogens with zero attached hydrogens (tertiary/aromatic N) is 2. The maximum absolute atomic E-state index is 11.9. The molecule has 0 saturated carbocycles. The van der Waals surface area contributed by atoms with Crippen molar-refractivity contribution in [3.63, 3.8) is 0 Å². The summed E-state index contributed by atoms with van der Waals surface area (Å²) in [5.74, 6) is -0.0127. The monoisotopic (exact) mass is 273 g/mol. The summed E-state index contributed by atoms with van der Waals surface area (Å²) in [7, 11) is 0. The van der Waals surface area contributed by atoms with Crippen molar-refractivity contribution in [2.24, 2.45) is 0 Å². The zero-order valence-corrected chi connectivity index (χ0v) is 11.4. The molecule has 4 nitrogen and oxygen atoms in total. The largest absolute Gasteiger partial charge is 0.351 e. The van der Waals surface area contributed by atoms with Gasteiger partial charge in [0, 0.05) is 18.9 Å². The van der Waals surface area contributed by atoms with Gasteiger partial charge in [-0.05, 0) is 18.6 Å². The predicted molar refractivity (Wildman–Crippen MR) is 75.6 cm³/mol. The van der Waals surface area contributed by atoms with Crippen LogP contribution in [0.1, 0.15) is 12.5 Å². The van der Waals surface area contributed by atoms with Gasteiger partial charge < -0.3 is 5.32 Å². The van der Waals surface area contributed by atoms with Crippen molar-refractivity contribution in [2.45, 2.75) is 23.9 Å². The number of hydrogen-bond acceptors (Lipinski definition) is 4. The normalized spacial score (nSPS) is 11.8. The maximum Gasteiger partial charge on any atom is 0.233 e. The zero-order chi connectivity index (χ0) is 13.5. The minimum absolute atomic E-state index is 0.0127. The lowest BCUT2D eigenvalue weighted by Crippen LogP contribution is -2.30. The topological polar surface area (TPSA) is 54.9 Å². The molecule has 19 heavy (non-hydrogen) atoms. The van der Waals surface area contributed by atoms with E-state index in [4.69, 9.17) is 0 Å². The van der Waals surface area contributed by atoms with E-state index in [1.807, 2.05) is 37.3 Å². The molecule has 1 N–H and O–H groups in total. The van der Waals surface area contributed by atoms with Crippen LogP contribution in [0.2, 0.25) is 0 Å². The maximum atomic E-state index is 11.9.